The smallest absolute Gasteiger partial charge is 0.224 e. The molecule has 1 atom stereocenters. The maximum absolute atomic E-state index is 9.48. The average Bonchev–Trinajstić information content (AvgIpc) is 2.65. The van der Waals surface area contributed by atoms with Crippen molar-refractivity contribution in [3.8, 4) is 0 Å². The molecule has 0 radical (unpaired) electrons. The first-order chi connectivity index (χ1) is 7.20. The van der Waals surface area contributed by atoms with Gasteiger partial charge in [0.1, 0.15) is 5.82 Å². The monoisotopic (exact) mass is 208 g/mol. The van der Waals surface area contributed by atoms with Gasteiger partial charge in [-0.3, -0.25) is 0 Å². The number of aromatic nitrogens is 2. The Kier molecular flexibility index (Phi) is 2.73. The predicted octanol–water partition coefficient (Wildman–Crippen LogP) is 0.398. The minimum atomic E-state index is -0.225. The fourth-order valence-corrected chi connectivity index (χ4v) is 1.81. The summed E-state index contributed by atoms with van der Waals surface area (Å²) in [7, 11) is 1.80. The molecule has 1 aliphatic heterocycles. The molecule has 1 unspecified atom stereocenters. The van der Waals surface area contributed by atoms with E-state index in [9.17, 15) is 5.11 Å². The Morgan fingerprint density at radius 1 is 1.60 bits per heavy atom. The first kappa shape index (κ1) is 10.2. The standard InChI is InChI=1S/C10H16N4O/c1-7-5-12-10(11-2)13-9(7)14-4-3-8(15)6-14/h5,8,15H,3-4,6H2,1-2H3,(H,11,12,13). The van der Waals surface area contributed by atoms with E-state index in [1.165, 1.54) is 0 Å². The summed E-state index contributed by atoms with van der Waals surface area (Å²) in [5.74, 6) is 1.54. The van der Waals surface area contributed by atoms with Crippen molar-refractivity contribution in [3.63, 3.8) is 0 Å². The number of hydrogen-bond acceptors (Lipinski definition) is 5. The van der Waals surface area contributed by atoms with E-state index in [1.807, 2.05) is 6.92 Å². The zero-order valence-electron chi connectivity index (χ0n) is 9.06. The van der Waals surface area contributed by atoms with Crippen LogP contribution in [0, 0.1) is 6.92 Å². The van der Waals surface area contributed by atoms with Gasteiger partial charge in [0, 0.05) is 31.9 Å². The van der Waals surface area contributed by atoms with Gasteiger partial charge in [0.25, 0.3) is 0 Å². The number of hydrogen-bond donors (Lipinski definition) is 2. The zero-order valence-corrected chi connectivity index (χ0v) is 9.06. The summed E-state index contributed by atoms with van der Waals surface area (Å²) < 4.78 is 0. The third kappa shape index (κ3) is 2.02. The van der Waals surface area contributed by atoms with Crippen LogP contribution < -0.4 is 10.2 Å². The highest BCUT2D eigenvalue weighted by Crippen LogP contribution is 2.22. The van der Waals surface area contributed by atoms with Crippen LogP contribution in [0.4, 0.5) is 11.8 Å². The van der Waals surface area contributed by atoms with Gasteiger partial charge in [0.05, 0.1) is 6.10 Å². The number of aliphatic hydroxyl groups is 1. The van der Waals surface area contributed by atoms with Gasteiger partial charge >= 0.3 is 0 Å². The zero-order chi connectivity index (χ0) is 10.8. The molecule has 0 aromatic carbocycles. The van der Waals surface area contributed by atoms with Gasteiger partial charge in [-0.15, -0.1) is 0 Å². The van der Waals surface area contributed by atoms with Crippen molar-refractivity contribution in [1.29, 1.82) is 0 Å². The number of β-amino-alcohol motifs (C(OH)–C–C–N with tert-alkyl or cyclic N) is 1. The second-order valence-electron chi connectivity index (χ2n) is 3.84. The lowest BCUT2D eigenvalue weighted by Crippen LogP contribution is -2.23. The van der Waals surface area contributed by atoms with E-state index >= 15 is 0 Å². The highest BCUT2D eigenvalue weighted by molar-refractivity contribution is 5.49. The normalized spacial score (nSPS) is 20.7. The fraction of sp³-hybridized carbons (Fsp3) is 0.600. The molecule has 0 aliphatic carbocycles. The summed E-state index contributed by atoms with van der Waals surface area (Å²) in [6.07, 6.45) is 2.40. The Hall–Kier alpha value is -1.36. The molecule has 2 heterocycles. The quantitative estimate of drug-likeness (QED) is 0.736. The summed E-state index contributed by atoms with van der Waals surface area (Å²) in [5.41, 5.74) is 1.04. The van der Waals surface area contributed by atoms with Crippen molar-refractivity contribution in [3.05, 3.63) is 11.8 Å². The van der Waals surface area contributed by atoms with Crippen LogP contribution in [0.2, 0.25) is 0 Å². The lowest BCUT2D eigenvalue weighted by Gasteiger charge is -2.18. The minimum Gasteiger partial charge on any atom is -0.391 e. The van der Waals surface area contributed by atoms with Crippen molar-refractivity contribution in [2.45, 2.75) is 19.4 Å². The van der Waals surface area contributed by atoms with Gasteiger partial charge in [0.2, 0.25) is 5.95 Å². The van der Waals surface area contributed by atoms with E-state index in [0.29, 0.717) is 12.5 Å². The summed E-state index contributed by atoms with van der Waals surface area (Å²) in [6, 6.07) is 0. The van der Waals surface area contributed by atoms with Crippen LogP contribution in [0.3, 0.4) is 0 Å². The van der Waals surface area contributed by atoms with Crippen LogP contribution in [0.5, 0.6) is 0 Å². The van der Waals surface area contributed by atoms with Crippen molar-refractivity contribution in [2.24, 2.45) is 0 Å². The predicted molar refractivity (Wildman–Crippen MR) is 59.2 cm³/mol. The first-order valence-electron chi connectivity index (χ1n) is 5.15. The summed E-state index contributed by atoms with van der Waals surface area (Å²) >= 11 is 0. The molecule has 15 heavy (non-hydrogen) atoms. The molecule has 5 nitrogen and oxygen atoms in total. The summed E-state index contributed by atoms with van der Waals surface area (Å²) in [4.78, 5) is 10.6. The van der Waals surface area contributed by atoms with E-state index in [-0.39, 0.29) is 6.10 Å². The number of rotatable bonds is 2. The molecule has 1 aromatic heterocycles. The van der Waals surface area contributed by atoms with E-state index < -0.39 is 0 Å². The van der Waals surface area contributed by atoms with Gasteiger partial charge < -0.3 is 15.3 Å². The summed E-state index contributed by atoms with van der Waals surface area (Å²) in [6.45, 7) is 3.52. The summed E-state index contributed by atoms with van der Waals surface area (Å²) in [5, 5.41) is 12.4. The molecule has 5 heteroatoms. The molecule has 1 aromatic rings. The van der Waals surface area contributed by atoms with E-state index in [4.69, 9.17) is 0 Å². The van der Waals surface area contributed by atoms with Crippen LogP contribution in [0.1, 0.15) is 12.0 Å². The number of nitrogens with zero attached hydrogens (tertiary/aromatic N) is 3. The molecule has 0 saturated carbocycles. The largest absolute Gasteiger partial charge is 0.391 e. The highest BCUT2D eigenvalue weighted by atomic mass is 16.3. The van der Waals surface area contributed by atoms with E-state index in [2.05, 4.69) is 20.2 Å². The average molecular weight is 208 g/mol. The molecule has 0 spiro atoms. The van der Waals surface area contributed by atoms with Gasteiger partial charge in [-0.2, -0.15) is 4.98 Å². The van der Waals surface area contributed by atoms with Crippen LogP contribution in [-0.2, 0) is 0 Å². The number of nitrogens with one attached hydrogen (secondary N) is 1. The molecule has 2 rings (SSSR count). The van der Waals surface area contributed by atoms with E-state index in [1.54, 1.807) is 13.2 Å². The second-order valence-corrected chi connectivity index (χ2v) is 3.84. The van der Waals surface area contributed by atoms with Crippen molar-refractivity contribution >= 4 is 11.8 Å². The molecular weight excluding hydrogens is 192 g/mol. The lowest BCUT2D eigenvalue weighted by atomic mass is 10.3. The third-order valence-corrected chi connectivity index (χ3v) is 2.63. The van der Waals surface area contributed by atoms with Gasteiger partial charge in [-0.25, -0.2) is 4.98 Å². The fourth-order valence-electron chi connectivity index (χ4n) is 1.81. The SMILES string of the molecule is CNc1ncc(C)c(N2CCC(O)C2)n1. The molecule has 2 N–H and O–H groups in total. The molecule has 1 fully saturated rings. The number of aryl methyl sites for hydroxylation is 1. The molecular formula is C10H16N4O. The van der Waals surface area contributed by atoms with Crippen molar-refractivity contribution < 1.29 is 5.11 Å². The lowest BCUT2D eigenvalue weighted by molar-refractivity contribution is 0.198. The van der Waals surface area contributed by atoms with Gasteiger partial charge in [0.15, 0.2) is 0 Å². The minimum absolute atomic E-state index is 0.225. The van der Waals surface area contributed by atoms with Crippen molar-refractivity contribution in [2.75, 3.05) is 30.4 Å². The van der Waals surface area contributed by atoms with Crippen LogP contribution in [0.15, 0.2) is 6.20 Å². The Bertz CT molecular complexity index is 355. The molecule has 0 bridgehead atoms. The molecule has 82 valence electrons. The Balaban J connectivity index is 2.26. The molecule has 1 aliphatic rings. The van der Waals surface area contributed by atoms with E-state index in [0.717, 1.165) is 24.3 Å². The van der Waals surface area contributed by atoms with Crippen LogP contribution >= 0.6 is 0 Å². The maximum atomic E-state index is 9.48. The Morgan fingerprint density at radius 2 is 2.40 bits per heavy atom. The third-order valence-electron chi connectivity index (χ3n) is 2.63. The topological polar surface area (TPSA) is 61.3 Å². The number of aliphatic hydroxyl groups excluding tert-OH is 1. The van der Waals surface area contributed by atoms with Gasteiger partial charge in [-0.1, -0.05) is 0 Å². The van der Waals surface area contributed by atoms with Crippen LogP contribution in [-0.4, -0.2) is 41.3 Å². The Morgan fingerprint density at radius 3 is 3.00 bits per heavy atom. The maximum Gasteiger partial charge on any atom is 0.224 e. The molecule has 0 amide bonds. The first-order valence-corrected chi connectivity index (χ1v) is 5.15. The highest BCUT2D eigenvalue weighted by Gasteiger charge is 2.22. The number of anilines is 2. The second kappa shape index (κ2) is 4.02. The van der Waals surface area contributed by atoms with Crippen molar-refractivity contribution in [1.82, 2.24) is 9.97 Å². The van der Waals surface area contributed by atoms with Crippen LogP contribution in [0.25, 0.3) is 0 Å². The van der Waals surface area contributed by atoms with Gasteiger partial charge in [-0.05, 0) is 13.3 Å². The molecule has 1 saturated heterocycles. The Labute approximate surface area is 89.2 Å².